The monoisotopic (exact) mass is 313 g/mol. The summed E-state index contributed by atoms with van der Waals surface area (Å²) in [6.45, 7) is 9.10. The van der Waals surface area contributed by atoms with Gasteiger partial charge in [-0.25, -0.2) is 4.79 Å². The van der Waals surface area contributed by atoms with E-state index >= 15 is 0 Å². The smallest absolute Gasteiger partial charge is 0.415 e. The van der Waals surface area contributed by atoms with Gasteiger partial charge in [-0.3, -0.25) is 14.5 Å². The minimum absolute atomic E-state index is 0.114. The Kier molecular flexibility index (Phi) is 5.43. The van der Waals surface area contributed by atoms with Crippen molar-refractivity contribution in [3.8, 4) is 0 Å². The molecule has 1 unspecified atom stereocenters. The van der Waals surface area contributed by atoms with Crippen LogP contribution in [0.4, 0.5) is 4.79 Å². The van der Waals surface area contributed by atoms with Gasteiger partial charge in [0.15, 0.2) is 5.72 Å². The largest absolute Gasteiger partial charge is 0.423 e. The third-order valence-corrected chi connectivity index (χ3v) is 3.98. The average Bonchev–Trinajstić information content (AvgIpc) is 2.39. The van der Waals surface area contributed by atoms with Crippen molar-refractivity contribution >= 4 is 17.9 Å². The molecule has 2 N–H and O–H groups in total. The molecule has 0 radical (unpaired) electrons. The molecule has 1 aliphatic heterocycles. The van der Waals surface area contributed by atoms with E-state index in [-0.39, 0.29) is 11.8 Å². The zero-order valence-corrected chi connectivity index (χ0v) is 14.3. The molecule has 0 aromatic carbocycles. The van der Waals surface area contributed by atoms with Crippen LogP contribution in [0, 0.1) is 5.92 Å². The van der Waals surface area contributed by atoms with Gasteiger partial charge in [0.2, 0.25) is 11.8 Å². The number of rotatable bonds is 7. The lowest BCUT2D eigenvalue weighted by Gasteiger charge is -2.51. The molecular weight excluding hydrogens is 286 g/mol. The molecule has 0 spiro atoms. The average molecular weight is 313 g/mol. The Morgan fingerprint density at radius 1 is 1.36 bits per heavy atom. The van der Waals surface area contributed by atoms with Crippen LogP contribution in [0.3, 0.4) is 0 Å². The highest BCUT2D eigenvalue weighted by Gasteiger charge is 2.53. The van der Waals surface area contributed by atoms with E-state index in [2.05, 4.69) is 0 Å². The molecule has 0 aromatic rings. The molecule has 1 saturated heterocycles. The van der Waals surface area contributed by atoms with Crippen molar-refractivity contribution in [3.63, 3.8) is 0 Å². The molecule has 2 atom stereocenters. The minimum Gasteiger partial charge on any atom is -0.423 e. The second-order valence-corrected chi connectivity index (χ2v) is 6.53. The van der Waals surface area contributed by atoms with Crippen molar-refractivity contribution in [2.45, 2.75) is 65.3 Å². The van der Waals surface area contributed by atoms with Gasteiger partial charge < -0.3 is 15.4 Å². The lowest BCUT2D eigenvalue weighted by molar-refractivity contribution is -0.193. The first-order valence-electron chi connectivity index (χ1n) is 7.62. The van der Waals surface area contributed by atoms with Gasteiger partial charge >= 0.3 is 6.09 Å². The van der Waals surface area contributed by atoms with Crippen LogP contribution in [-0.4, -0.2) is 52.6 Å². The Balaban J connectivity index is 3.03. The third kappa shape index (κ3) is 3.34. The molecule has 0 aromatic heterocycles. The lowest BCUT2D eigenvalue weighted by atomic mass is 9.96. The summed E-state index contributed by atoms with van der Waals surface area (Å²) in [6.07, 6.45) is 0.710. The summed E-state index contributed by atoms with van der Waals surface area (Å²) in [7, 11) is 1.56. The van der Waals surface area contributed by atoms with Crippen LogP contribution in [0.15, 0.2) is 0 Å². The number of hydrogen-bond donors (Lipinski definition) is 1. The van der Waals surface area contributed by atoms with Crippen LogP contribution in [0.5, 0.6) is 0 Å². The minimum atomic E-state index is -0.824. The predicted molar refractivity (Wildman–Crippen MR) is 81.7 cm³/mol. The molecule has 1 aliphatic rings. The van der Waals surface area contributed by atoms with Crippen molar-refractivity contribution in [3.05, 3.63) is 0 Å². The van der Waals surface area contributed by atoms with E-state index in [0.29, 0.717) is 6.42 Å². The van der Waals surface area contributed by atoms with E-state index in [1.54, 1.807) is 20.9 Å². The third-order valence-electron chi connectivity index (χ3n) is 3.98. The number of likely N-dealkylation sites (N-methyl/N-ethyl adjacent to an activating group) is 1. The Morgan fingerprint density at radius 3 is 2.23 bits per heavy atom. The number of carbonyl (C=O) groups excluding carboxylic acids is 3. The summed E-state index contributed by atoms with van der Waals surface area (Å²) >= 11 is 0. The Bertz CT molecular complexity index is 462. The maximum Gasteiger partial charge on any atom is 0.415 e. The number of hydrogen-bond acceptors (Lipinski definition) is 4. The fourth-order valence-corrected chi connectivity index (χ4v) is 2.80. The standard InChI is InChI=1S/C15H27N3O4/c1-7-8-10(12(16)19)17(6)13(20)11(9(2)3)18-14(21)22-15(18,4)5/h9-11H,7-8H2,1-6H3,(H2,16,19)/t10?,11-/m0/s1. The molecule has 1 rings (SSSR count). The zero-order chi connectivity index (χ0) is 17.2. The van der Waals surface area contributed by atoms with Gasteiger partial charge in [0.05, 0.1) is 0 Å². The highest BCUT2D eigenvalue weighted by Crippen LogP contribution is 2.34. The summed E-state index contributed by atoms with van der Waals surface area (Å²) in [6, 6.07) is -1.35. The summed E-state index contributed by atoms with van der Waals surface area (Å²) in [4.78, 5) is 39.0. The van der Waals surface area contributed by atoms with E-state index < -0.39 is 29.8 Å². The quantitative estimate of drug-likeness (QED) is 0.767. The molecule has 22 heavy (non-hydrogen) atoms. The first kappa shape index (κ1) is 18.3. The molecule has 0 aliphatic carbocycles. The summed E-state index contributed by atoms with van der Waals surface area (Å²) in [5.41, 5.74) is 4.58. The number of cyclic esters (lactones) is 1. The summed E-state index contributed by atoms with van der Waals surface area (Å²) < 4.78 is 5.08. The van der Waals surface area contributed by atoms with Crippen molar-refractivity contribution < 1.29 is 19.1 Å². The van der Waals surface area contributed by atoms with Gasteiger partial charge in [-0.15, -0.1) is 0 Å². The van der Waals surface area contributed by atoms with Crippen molar-refractivity contribution in [2.75, 3.05) is 7.05 Å². The van der Waals surface area contributed by atoms with Crippen LogP contribution < -0.4 is 5.73 Å². The van der Waals surface area contributed by atoms with E-state index in [0.717, 1.165) is 6.42 Å². The lowest BCUT2D eigenvalue weighted by Crippen LogP contribution is -2.70. The molecule has 1 fully saturated rings. The van der Waals surface area contributed by atoms with E-state index in [1.165, 1.54) is 9.80 Å². The van der Waals surface area contributed by atoms with E-state index in [1.807, 2.05) is 20.8 Å². The maximum atomic E-state index is 12.8. The molecule has 3 amide bonds. The molecule has 0 bridgehead atoms. The number of carbonyl (C=O) groups is 3. The van der Waals surface area contributed by atoms with Gasteiger partial charge in [0.1, 0.15) is 12.1 Å². The highest BCUT2D eigenvalue weighted by atomic mass is 16.6. The number of primary amides is 1. The molecular formula is C15H27N3O4. The highest BCUT2D eigenvalue weighted by molar-refractivity contribution is 5.91. The Labute approximate surface area is 131 Å². The van der Waals surface area contributed by atoms with Gasteiger partial charge in [-0.2, -0.15) is 0 Å². The van der Waals surface area contributed by atoms with Gasteiger partial charge in [-0.1, -0.05) is 27.2 Å². The van der Waals surface area contributed by atoms with Crippen LogP contribution in [0.25, 0.3) is 0 Å². The van der Waals surface area contributed by atoms with Gasteiger partial charge in [0.25, 0.3) is 0 Å². The summed E-state index contributed by atoms with van der Waals surface area (Å²) in [5.74, 6) is -0.945. The van der Waals surface area contributed by atoms with Crippen molar-refractivity contribution in [2.24, 2.45) is 11.7 Å². The number of amides is 3. The van der Waals surface area contributed by atoms with Crippen molar-refractivity contribution in [1.82, 2.24) is 9.80 Å². The second-order valence-electron chi connectivity index (χ2n) is 6.53. The van der Waals surface area contributed by atoms with E-state index in [4.69, 9.17) is 10.5 Å². The first-order chi connectivity index (χ1) is 10.0. The summed E-state index contributed by atoms with van der Waals surface area (Å²) in [5, 5.41) is 0. The normalized spacial score (nSPS) is 19.2. The fraction of sp³-hybridized carbons (Fsp3) is 0.800. The number of nitrogens with zero attached hydrogens (tertiary/aromatic N) is 2. The second kappa shape index (κ2) is 6.54. The van der Waals surface area contributed by atoms with Gasteiger partial charge in [-0.05, 0) is 26.2 Å². The van der Waals surface area contributed by atoms with Crippen LogP contribution >= 0.6 is 0 Å². The van der Waals surface area contributed by atoms with Crippen molar-refractivity contribution in [1.29, 1.82) is 0 Å². The molecule has 1 heterocycles. The molecule has 7 heteroatoms. The zero-order valence-electron chi connectivity index (χ0n) is 14.3. The Hall–Kier alpha value is -1.79. The molecule has 0 saturated carbocycles. The number of ether oxygens (including phenoxy) is 1. The van der Waals surface area contributed by atoms with Crippen LogP contribution in [0.2, 0.25) is 0 Å². The predicted octanol–water partition coefficient (Wildman–Crippen LogP) is 1.31. The SMILES string of the molecule is CCCC(C(N)=O)N(C)C(=O)[C@H](C(C)C)N1C(=O)OC1(C)C. The van der Waals surface area contributed by atoms with E-state index in [9.17, 15) is 14.4 Å². The fourth-order valence-electron chi connectivity index (χ4n) is 2.80. The van der Waals surface area contributed by atoms with Gasteiger partial charge in [0, 0.05) is 7.05 Å². The first-order valence-corrected chi connectivity index (χ1v) is 7.62. The topological polar surface area (TPSA) is 92.9 Å². The van der Waals surface area contributed by atoms with Crippen LogP contribution in [-0.2, 0) is 14.3 Å². The van der Waals surface area contributed by atoms with Crippen LogP contribution in [0.1, 0.15) is 47.5 Å². The molecule has 126 valence electrons. The molecule has 7 nitrogen and oxygen atoms in total. The number of nitrogens with two attached hydrogens (primary N) is 1. The Morgan fingerprint density at radius 2 is 1.91 bits per heavy atom. The maximum absolute atomic E-state index is 12.8.